The number of Topliss-reactive ketones (excluding diaryl/α,β-unsaturated/α-hetero) is 1. The first-order valence-electron chi connectivity index (χ1n) is 9.55. The quantitative estimate of drug-likeness (QED) is 0.477. The first-order chi connectivity index (χ1) is 13.7. The standard InChI is InChI=1S/C23H22N2O2S/c26-22(16-28-19-10-12-24-13-11-19)25-14-4-7-18(15-25)23(27)21-9-3-6-17-5-1-2-8-20(17)21/h1-3,5-6,8-13,18H,4,7,14-16H2/t18-/m0/s1. The van der Waals surface area contributed by atoms with Crippen LogP contribution in [-0.4, -0.2) is 40.4 Å². The number of nitrogens with zero attached hydrogens (tertiary/aromatic N) is 2. The summed E-state index contributed by atoms with van der Waals surface area (Å²) >= 11 is 1.51. The zero-order chi connectivity index (χ0) is 19.3. The summed E-state index contributed by atoms with van der Waals surface area (Å²) in [6.45, 7) is 1.24. The maximum absolute atomic E-state index is 13.2. The zero-order valence-electron chi connectivity index (χ0n) is 15.6. The van der Waals surface area contributed by atoms with Crippen LogP contribution in [0, 0.1) is 5.92 Å². The Balaban J connectivity index is 1.44. The number of hydrogen-bond acceptors (Lipinski definition) is 4. The minimum atomic E-state index is -0.130. The van der Waals surface area contributed by atoms with Crippen molar-refractivity contribution < 1.29 is 9.59 Å². The second-order valence-corrected chi connectivity index (χ2v) is 8.09. The molecule has 1 amide bonds. The molecular formula is C23H22N2O2S. The number of likely N-dealkylation sites (tertiary alicyclic amines) is 1. The van der Waals surface area contributed by atoms with Gasteiger partial charge in [0.05, 0.1) is 5.75 Å². The van der Waals surface area contributed by atoms with Crippen molar-refractivity contribution in [2.24, 2.45) is 5.92 Å². The number of fused-ring (bicyclic) bond motifs is 1. The van der Waals surface area contributed by atoms with Gasteiger partial charge >= 0.3 is 0 Å². The van der Waals surface area contributed by atoms with Crippen molar-refractivity contribution in [3.05, 3.63) is 72.6 Å². The fourth-order valence-corrected chi connectivity index (χ4v) is 4.54. The van der Waals surface area contributed by atoms with Crippen molar-refractivity contribution in [1.29, 1.82) is 0 Å². The van der Waals surface area contributed by atoms with E-state index in [9.17, 15) is 9.59 Å². The van der Waals surface area contributed by atoms with Gasteiger partial charge in [0.2, 0.25) is 5.91 Å². The smallest absolute Gasteiger partial charge is 0.232 e. The van der Waals surface area contributed by atoms with Crippen molar-refractivity contribution in [3.8, 4) is 0 Å². The van der Waals surface area contributed by atoms with Gasteiger partial charge in [-0.1, -0.05) is 42.5 Å². The van der Waals surface area contributed by atoms with Gasteiger partial charge in [-0.05, 0) is 35.7 Å². The summed E-state index contributed by atoms with van der Waals surface area (Å²) in [4.78, 5) is 32.8. The molecule has 0 bridgehead atoms. The largest absolute Gasteiger partial charge is 0.341 e. The lowest BCUT2D eigenvalue weighted by molar-refractivity contribution is -0.129. The van der Waals surface area contributed by atoms with Gasteiger partial charge in [0.1, 0.15) is 0 Å². The molecule has 0 saturated carbocycles. The second-order valence-electron chi connectivity index (χ2n) is 7.04. The fraction of sp³-hybridized carbons (Fsp3) is 0.261. The molecule has 5 heteroatoms. The third-order valence-electron chi connectivity index (χ3n) is 5.21. The summed E-state index contributed by atoms with van der Waals surface area (Å²) < 4.78 is 0. The molecule has 3 aromatic rings. The van der Waals surface area contributed by atoms with Gasteiger partial charge in [-0.25, -0.2) is 0 Å². The van der Waals surface area contributed by atoms with Crippen molar-refractivity contribution in [1.82, 2.24) is 9.88 Å². The monoisotopic (exact) mass is 390 g/mol. The van der Waals surface area contributed by atoms with E-state index in [0.717, 1.165) is 40.6 Å². The molecule has 4 nitrogen and oxygen atoms in total. The Morgan fingerprint density at radius 3 is 2.68 bits per heavy atom. The number of aromatic nitrogens is 1. The molecule has 1 fully saturated rings. The molecule has 1 aliphatic heterocycles. The first-order valence-corrected chi connectivity index (χ1v) is 10.5. The second kappa shape index (κ2) is 8.57. The summed E-state index contributed by atoms with van der Waals surface area (Å²) in [5, 5.41) is 2.07. The maximum atomic E-state index is 13.2. The predicted molar refractivity (Wildman–Crippen MR) is 113 cm³/mol. The highest BCUT2D eigenvalue weighted by Gasteiger charge is 2.29. The number of carbonyl (C=O) groups is 2. The minimum absolute atomic E-state index is 0.0947. The van der Waals surface area contributed by atoms with Crippen molar-refractivity contribution in [3.63, 3.8) is 0 Å². The average molecular weight is 391 g/mol. The number of pyridine rings is 1. The van der Waals surface area contributed by atoms with Crippen LogP contribution in [0.25, 0.3) is 10.8 Å². The van der Waals surface area contributed by atoms with Gasteiger partial charge in [0, 0.05) is 41.9 Å². The molecule has 0 N–H and O–H groups in total. The van der Waals surface area contributed by atoms with Gasteiger partial charge in [-0.3, -0.25) is 14.6 Å². The van der Waals surface area contributed by atoms with Gasteiger partial charge in [0.15, 0.2) is 5.78 Å². The van der Waals surface area contributed by atoms with E-state index in [1.54, 1.807) is 12.4 Å². The van der Waals surface area contributed by atoms with Gasteiger partial charge in [0.25, 0.3) is 0 Å². The lowest BCUT2D eigenvalue weighted by atomic mass is 9.88. The average Bonchev–Trinajstić information content (AvgIpc) is 2.77. The van der Waals surface area contributed by atoms with Crippen LogP contribution in [0.4, 0.5) is 0 Å². The number of benzene rings is 2. The fourth-order valence-electron chi connectivity index (χ4n) is 3.75. The Kier molecular flexibility index (Phi) is 5.72. The summed E-state index contributed by atoms with van der Waals surface area (Å²) in [7, 11) is 0. The van der Waals surface area contributed by atoms with Crippen molar-refractivity contribution in [2.75, 3.05) is 18.8 Å². The Labute approximate surface area is 169 Å². The summed E-state index contributed by atoms with van der Waals surface area (Å²) in [6, 6.07) is 17.7. The van der Waals surface area contributed by atoms with Gasteiger partial charge < -0.3 is 4.90 Å². The lowest BCUT2D eigenvalue weighted by Gasteiger charge is -2.32. The van der Waals surface area contributed by atoms with E-state index in [4.69, 9.17) is 0 Å². The van der Waals surface area contributed by atoms with Gasteiger partial charge in [-0.15, -0.1) is 11.8 Å². The number of rotatable bonds is 5. The number of carbonyl (C=O) groups excluding carboxylic acids is 2. The number of piperidine rings is 1. The molecule has 1 saturated heterocycles. The molecule has 0 unspecified atom stereocenters. The molecule has 0 aliphatic carbocycles. The lowest BCUT2D eigenvalue weighted by Crippen LogP contribution is -2.43. The van der Waals surface area contributed by atoms with E-state index in [2.05, 4.69) is 4.98 Å². The maximum Gasteiger partial charge on any atom is 0.232 e. The summed E-state index contributed by atoms with van der Waals surface area (Å²) in [5.41, 5.74) is 0.767. The van der Waals surface area contributed by atoms with E-state index in [0.29, 0.717) is 12.3 Å². The molecular weight excluding hydrogens is 368 g/mol. The predicted octanol–water partition coefficient (Wildman–Crippen LogP) is 4.45. The van der Waals surface area contributed by atoms with E-state index in [1.807, 2.05) is 59.5 Å². The highest BCUT2D eigenvalue weighted by Crippen LogP contribution is 2.26. The summed E-state index contributed by atoms with van der Waals surface area (Å²) in [6.07, 6.45) is 5.16. The Morgan fingerprint density at radius 2 is 1.82 bits per heavy atom. The van der Waals surface area contributed by atoms with Crippen LogP contribution in [0.2, 0.25) is 0 Å². The zero-order valence-corrected chi connectivity index (χ0v) is 16.4. The van der Waals surface area contributed by atoms with Crippen LogP contribution in [0.1, 0.15) is 23.2 Å². The SMILES string of the molecule is O=C(c1cccc2ccccc12)[C@H]1CCCN(C(=O)CSc2ccncc2)C1. The molecule has 1 atom stereocenters. The topological polar surface area (TPSA) is 50.3 Å². The van der Waals surface area contributed by atoms with Crippen molar-refractivity contribution in [2.45, 2.75) is 17.7 Å². The van der Waals surface area contributed by atoms with Crippen LogP contribution >= 0.6 is 11.8 Å². The van der Waals surface area contributed by atoms with E-state index >= 15 is 0 Å². The molecule has 0 radical (unpaired) electrons. The Morgan fingerprint density at radius 1 is 1.04 bits per heavy atom. The van der Waals surface area contributed by atoms with E-state index < -0.39 is 0 Å². The van der Waals surface area contributed by atoms with E-state index in [-0.39, 0.29) is 17.6 Å². The molecule has 1 aromatic heterocycles. The third kappa shape index (κ3) is 4.09. The van der Waals surface area contributed by atoms with Crippen LogP contribution in [-0.2, 0) is 4.79 Å². The van der Waals surface area contributed by atoms with Crippen molar-refractivity contribution >= 4 is 34.2 Å². The van der Waals surface area contributed by atoms with E-state index in [1.165, 1.54) is 11.8 Å². The van der Waals surface area contributed by atoms with Gasteiger partial charge in [-0.2, -0.15) is 0 Å². The van der Waals surface area contributed by atoms with Crippen LogP contribution in [0.5, 0.6) is 0 Å². The molecule has 4 rings (SSSR count). The number of thioether (sulfide) groups is 1. The number of hydrogen-bond donors (Lipinski definition) is 0. The summed E-state index contributed by atoms with van der Waals surface area (Å²) in [5.74, 6) is 0.502. The molecule has 28 heavy (non-hydrogen) atoms. The normalized spacial score (nSPS) is 16.9. The van der Waals surface area contributed by atoms with Crippen LogP contribution < -0.4 is 0 Å². The molecule has 0 spiro atoms. The highest BCUT2D eigenvalue weighted by atomic mass is 32.2. The van der Waals surface area contributed by atoms with Crippen LogP contribution in [0.15, 0.2) is 71.9 Å². The molecule has 2 aromatic carbocycles. The highest BCUT2D eigenvalue weighted by molar-refractivity contribution is 8.00. The molecule has 142 valence electrons. The Bertz CT molecular complexity index is 985. The Hall–Kier alpha value is -2.66. The first kappa shape index (κ1) is 18.7. The number of amides is 1. The number of ketones is 1. The van der Waals surface area contributed by atoms with Crippen LogP contribution in [0.3, 0.4) is 0 Å². The minimum Gasteiger partial charge on any atom is -0.341 e. The molecule has 1 aliphatic rings. The third-order valence-corrected chi connectivity index (χ3v) is 6.21. The molecule has 2 heterocycles.